The summed E-state index contributed by atoms with van der Waals surface area (Å²) in [4.78, 5) is 58.7. The molecule has 0 radical (unpaired) electrons. The Kier molecular flexibility index (Phi) is 7.87. The predicted octanol–water partition coefficient (Wildman–Crippen LogP) is 5.13. The van der Waals surface area contributed by atoms with Gasteiger partial charge in [-0.1, -0.05) is 24.3 Å². The van der Waals surface area contributed by atoms with Crippen LogP contribution in [0.5, 0.6) is 0 Å². The monoisotopic (exact) mass is 703 g/mol. The lowest BCUT2D eigenvalue weighted by atomic mass is 9.82. The van der Waals surface area contributed by atoms with Crippen molar-refractivity contribution in [2.24, 2.45) is 0 Å². The topological polar surface area (TPSA) is 131 Å². The van der Waals surface area contributed by atoms with E-state index in [1.165, 1.54) is 31.3 Å². The molecule has 2 aliphatic heterocycles. The molecular weight excluding hydrogens is 671 g/mol. The number of methoxy groups -OCH3 is 2. The number of benzene rings is 6. The van der Waals surface area contributed by atoms with Gasteiger partial charge in [0.05, 0.1) is 29.5 Å². The van der Waals surface area contributed by atoms with Crippen LogP contribution in [0.15, 0.2) is 77.7 Å². The Balaban J connectivity index is 1.17. The zero-order valence-electron chi connectivity index (χ0n) is 28.2. The molecule has 0 aliphatic carbocycles. The highest BCUT2D eigenvalue weighted by Gasteiger charge is 2.37. The Morgan fingerprint density at radius 2 is 0.961 bits per heavy atom. The third kappa shape index (κ3) is 4.93. The molecule has 6 aromatic rings. The molecular formula is C39H33N3O8S. The standard InChI is InChI=1S/C39H33N3O8S/c1-40-36(43)28-12-8-24-26-10-14-30-35-31(15-11-27(33(26)35)25-9-13-29(37(40)44)34(28)32(24)25)39(46)42(38(30)45)22-4-6-23(7-5-22)51(47,48)21-18-41(16-19-49-2)17-20-50-3/h4-15H,16-21H2,1-3H3. The summed E-state index contributed by atoms with van der Waals surface area (Å²) in [5, 5.41) is 5.90. The van der Waals surface area contributed by atoms with Gasteiger partial charge in [0.2, 0.25) is 0 Å². The van der Waals surface area contributed by atoms with Crippen molar-refractivity contribution in [3.63, 3.8) is 0 Å². The molecule has 0 bridgehead atoms. The summed E-state index contributed by atoms with van der Waals surface area (Å²) in [6, 6.07) is 20.1. The van der Waals surface area contributed by atoms with E-state index in [2.05, 4.69) is 0 Å². The molecule has 6 aromatic carbocycles. The van der Waals surface area contributed by atoms with Crippen molar-refractivity contribution in [3.05, 3.63) is 95.1 Å². The second kappa shape index (κ2) is 12.2. The Bertz CT molecular complexity index is 2450. The zero-order chi connectivity index (χ0) is 35.8. The third-order valence-electron chi connectivity index (χ3n) is 10.2. The number of carbonyl (C=O) groups excluding carboxylic acids is 4. The average molecular weight is 704 g/mol. The Labute approximate surface area is 293 Å². The molecule has 258 valence electrons. The number of hydrogen-bond acceptors (Lipinski definition) is 9. The molecule has 0 unspecified atom stereocenters. The van der Waals surface area contributed by atoms with E-state index in [0.29, 0.717) is 65.9 Å². The van der Waals surface area contributed by atoms with Gasteiger partial charge >= 0.3 is 0 Å². The lowest BCUT2D eigenvalue weighted by Crippen LogP contribution is -2.40. The summed E-state index contributed by atoms with van der Waals surface area (Å²) < 4.78 is 36.9. The number of fused-ring (bicyclic) bond motifs is 2. The summed E-state index contributed by atoms with van der Waals surface area (Å²) in [6.07, 6.45) is 0. The molecule has 0 fully saturated rings. The van der Waals surface area contributed by atoms with E-state index in [4.69, 9.17) is 9.47 Å². The number of sulfone groups is 1. The summed E-state index contributed by atoms with van der Waals surface area (Å²) in [7, 11) is 0.987. The van der Waals surface area contributed by atoms with Crippen LogP contribution in [0.3, 0.4) is 0 Å². The van der Waals surface area contributed by atoms with Gasteiger partial charge in [0, 0.05) is 73.9 Å². The molecule has 11 nitrogen and oxygen atoms in total. The van der Waals surface area contributed by atoms with E-state index < -0.39 is 21.7 Å². The van der Waals surface area contributed by atoms with Crippen LogP contribution in [0.1, 0.15) is 41.4 Å². The second-order valence-corrected chi connectivity index (χ2v) is 15.0. The molecule has 8 rings (SSSR count). The molecule has 0 atom stereocenters. The van der Waals surface area contributed by atoms with Gasteiger partial charge in [-0.3, -0.25) is 29.0 Å². The largest absolute Gasteiger partial charge is 0.383 e. The van der Waals surface area contributed by atoms with Crippen LogP contribution < -0.4 is 4.90 Å². The minimum atomic E-state index is -3.67. The van der Waals surface area contributed by atoms with Crippen LogP contribution >= 0.6 is 0 Å². The van der Waals surface area contributed by atoms with E-state index >= 15 is 0 Å². The summed E-state index contributed by atoms with van der Waals surface area (Å²) in [5.74, 6) is -1.89. The van der Waals surface area contributed by atoms with Gasteiger partial charge in [0.15, 0.2) is 9.84 Å². The molecule has 0 saturated carbocycles. The molecule has 12 heteroatoms. The fraction of sp³-hybridized carbons (Fsp3) is 0.231. The van der Waals surface area contributed by atoms with Crippen molar-refractivity contribution in [1.82, 2.24) is 9.80 Å². The van der Waals surface area contributed by atoms with Crippen molar-refractivity contribution < 1.29 is 37.1 Å². The van der Waals surface area contributed by atoms with E-state index in [-0.39, 0.29) is 28.2 Å². The zero-order valence-corrected chi connectivity index (χ0v) is 29.0. The highest BCUT2D eigenvalue weighted by Crippen LogP contribution is 2.46. The van der Waals surface area contributed by atoms with Crippen LogP contribution in [0.4, 0.5) is 5.69 Å². The van der Waals surface area contributed by atoms with E-state index in [9.17, 15) is 27.6 Å². The highest BCUT2D eigenvalue weighted by molar-refractivity contribution is 7.91. The minimum absolute atomic E-state index is 0.0920. The maximum Gasteiger partial charge on any atom is 0.265 e. The molecule has 4 amide bonds. The number of carbonyl (C=O) groups is 4. The first-order valence-electron chi connectivity index (χ1n) is 16.5. The maximum atomic E-state index is 14.1. The van der Waals surface area contributed by atoms with Gasteiger partial charge in [-0.05, 0) is 80.8 Å². The van der Waals surface area contributed by atoms with Crippen LogP contribution in [-0.2, 0) is 19.3 Å². The third-order valence-corrected chi connectivity index (χ3v) is 11.9. The van der Waals surface area contributed by atoms with Gasteiger partial charge in [-0.2, -0.15) is 0 Å². The van der Waals surface area contributed by atoms with Gasteiger partial charge in [0.25, 0.3) is 23.6 Å². The molecule has 0 aromatic heterocycles. The fourth-order valence-corrected chi connectivity index (χ4v) is 8.85. The van der Waals surface area contributed by atoms with Crippen molar-refractivity contribution in [2.75, 3.05) is 64.8 Å². The SMILES string of the molecule is COCCN(CCOC)CCS(=O)(=O)c1ccc(N2C(=O)c3ccc4c5ccc6c7c(ccc(c8ccc(c3c48)C2=O)c75)C(=O)N(C)C6=O)cc1. The first kappa shape index (κ1) is 32.9. The first-order chi connectivity index (χ1) is 24.6. The number of hydrogen-bond donors (Lipinski definition) is 0. The Hall–Kier alpha value is -5.27. The smallest absolute Gasteiger partial charge is 0.265 e. The number of ether oxygens (including phenoxy) is 2. The van der Waals surface area contributed by atoms with E-state index in [0.717, 1.165) is 42.1 Å². The quantitative estimate of drug-likeness (QED) is 0.102. The lowest BCUT2D eigenvalue weighted by molar-refractivity contribution is 0.0649. The van der Waals surface area contributed by atoms with Crippen LogP contribution in [0.25, 0.3) is 43.1 Å². The summed E-state index contributed by atoms with van der Waals surface area (Å²) >= 11 is 0. The number of nitrogens with zero attached hydrogens (tertiary/aromatic N) is 3. The Morgan fingerprint density at radius 3 is 1.37 bits per heavy atom. The van der Waals surface area contributed by atoms with Crippen molar-refractivity contribution in [1.29, 1.82) is 0 Å². The normalized spacial score (nSPS) is 14.8. The summed E-state index contributed by atoms with van der Waals surface area (Å²) in [5.41, 5.74) is 1.85. The molecule has 51 heavy (non-hydrogen) atoms. The van der Waals surface area contributed by atoms with Crippen molar-refractivity contribution >= 4 is 82.2 Å². The fourth-order valence-electron chi connectivity index (χ4n) is 7.57. The van der Waals surface area contributed by atoms with Gasteiger partial charge < -0.3 is 9.47 Å². The summed E-state index contributed by atoms with van der Waals surface area (Å²) in [6.45, 7) is 2.34. The minimum Gasteiger partial charge on any atom is -0.383 e. The second-order valence-electron chi connectivity index (χ2n) is 12.9. The van der Waals surface area contributed by atoms with Crippen LogP contribution in [-0.4, -0.2) is 102 Å². The maximum absolute atomic E-state index is 14.1. The number of imide groups is 2. The first-order valence-corrected chi connectivity index (χ1v) is 18.2. The molecule has 2 aliphatic rings. The highest BCUT2D eigenvalue weighted by atomic mass is 32.2. The van der Waals surface area contributed by atoms with Gasteiger partial charge in [-0.15, -0.1) is 0 Å². The number of rotatable bonds is 11. The van der Waals surface area contributed by atoms with Gasteiger partial charge in [-0.25, -0.2) is 13.3 Å². The number of amides is 4. The molecule has 2 heterocycles. The molecule has 0 N–H and O–H groups in total. The van der Waals surface area contributed by atoms with Crippen molar-refractivity contribution in [2.45, 2.75) is 4.90 Å². The molecule has 0 spiro atoms. The lowest BCUT2D eigenvalue weighted by Gasteiger charge is -2.29. The average Bonchev–Trinajstić information content (AvgIpc) is 3.14. The van der Waals surface area contributed by atoms with Gasteiger partial charge in [0.1, 0.15) is 0 Å². The number of anilines is 1. The molecule has 0 saturated heterocycles. The Morgan fingerprint density at radius 1 is 0.549 bits per heavy atom. The van der Waals surface area contributed by atoms with Crippen LogP contribution in [0.2, 0.25) is 0 Å². The van der Waals surface area contributed by atoms with E-state index in [1.54, 1.807) is 38.5 Å². The van der Waals surface area contributed by atoms with Crippen LogP contribution in [0, 0.1) is 0 Å². The van der Waals surface area contributed by atoms with Crippen molar-refractivity contribution in [3.8, 4) is 0 Å². The van der Waals surface area contributed by atoms with E-state index in [1.807, 2.05) is 29.2 Å². The predicted molar refractivity (Wildman–Crippen MR) is 194 cm³/mol.